The summed E-state index contributed by atoms with van der Waals surface area (Å²) < 4.78 is 17.9. The number of halogens is 1. The van der Waals surface area contributed by atoms with Crippen LogP contribution >= 0.6 is 0 Å². The highest BCUT2D eigenvalue weighted by Crippen LogP contribution is 2.40. The second-order valence-corrected chi connectivity index (χ2v) is 7.78. The summed E-state index contributed by atoms with van der Waals surface area (Å²) in [5, 5.41) is 0.865. The van der Waals surface area contributed by atoms with Crippen LogP contribution in [0, 0.1) is 41.5 Å². The van der Waals surface area contributed by atoms with Gasteiger partial charge in [0.1, 0.15) is 11.5 Å². The van der Waals surface area contributed by atoms with Crippen molar-refractivity contribution in [3.8, 4) is 5.69 Å². The van der Waals surface area contributed by atoms with Gasteiger partial charge in [-0.2, -0.15) is 0 Å². The standard InChI is InChI=1S/C23H30FN3/c1-9-23(24,10-2)21-19-16(6)17(7)27(22(19)26-18(8)25-21)20-14(4)11-13(3)12-15(20)5/h11-12H,9-10H2,1-8H3. The van der Waals surface area contributed by atoms with E-state index < -0.39 is 5.67 Å². The zero-order valence-corrected chi connectivity index (χ0v) is 17.8. The molecule has 0 atom stereocenters. The van der Waals surface area contributed by atoms with Crippen LogP contribution in [0.1, 0.15) is 66.2 Å². The van der Waals surface area contributed by atoms with Crippen molar-refractivity contribution in [3.63, 3.8) is 0 Å². The Morgan fingerprint density at radius 1 is 0.926 bits per heavy atom. The third-order valence-corrected chi connectivity index (χ3v) is 5.87. The van der Waals surface area contributed by atoms with Crippen LogP contribution in [-0.2, 0) is 5.67 Å². The number of aryl methyl sites for hydroxylation is 5. The number of alkyl halides is 1. The topological polar surface area (TPSA) is 30.7 Å². The summed E-state index contributed by atoms with van der Waals surface area (Å²) in [6.07, 6.45) is 0.808. The van der Waals surface area contributed by atoms with Crippen LogP contribution in [0.5, 0.6) is 0 Å². The minimum Gasteiger partial charge on any atom is -0.298 e. The second kappa shape index (κ2) is 6.74. The maximum atomic E-state index is 15.7. The van der Waals surface area contributed by atoms with Crippen molar-refractivity contribution in [2.45, 2.75) is 73.9 Å². The predicted octanol–water partition coefficient (Wildman–Crippen LogP) is 6.26. The number of rotatable bonds is 4. The highest BCUT2D eigenvalue weighted by Gasteiger charge is 2.34. The van der Waals surface area contributed by atoms with Gasteiger partial charge in [-0.15, -0.1) is 0 Å². The lowest BCUT2D eigenvalue weighted by atomic mass is 9.92. The molecule has 0 amide bonds. The number of hydrogen-bond donors (Lipinski definition) is 0. The Balaban J connectivity index is 2.49. The summed E-state index contributed by atoms with van der Waals surface area (Å²) in [7, 11) is 0. The van der Waals surface area contributed by atoms with Crippen LogP contribution in [0.25, 0.3) is 16.7 Å². The fourth-order valence-electron chi connectivity index (χ4n) is 4.28. The lowest BCUT2D eigenvalue weighted by Gasteiger charge is -2.23. The van der Waals surface area contributed by atoms with Gasteiger partial charge in [0.25, 0.3) is 0 Å². The lowest BCUT2D eigenvalue weighted by Crippen LogP contribution is -2.21. The van der Waals surface area contributed by atoms with Crippen molar-refractivity contribution in [1.82, 2.24) is 14.5 Å². The predicted molar refractivity (Wildman–Crippen MR) is 111 cm³/mol. The van der Waals surface area contributed by atoms with Crippen LogP contribution in [-0.4, -0.2) is 14.5 Å². The van der Waals surface area contributed by atoms with Crippen LogP contribution in [0.3, 0.4) is 0 Å². The molecule has 3 rings (SSSR count). The fourth-order valence-corrected chi connectivity index (χ4v) is 4.28. The molecule has 0 spiro atoms. The molecular formula is C23H30FN3. The minimum absolute atomic E-state index is 0.404. The number of benzene rings is 1. The van der Waals surface area contributed by atoms with E-state index in [-0.39, 0.29) is 0 Å². The normalized spacial score (nSPS) is 12.2. The van der Waals surface area contributed by atoms with Crippen molar-refractivity contribution >= 4 is 11.0 Å². The van der Waals surface area contributed by atoms with Gasteiger partial charge in [0.2, 0.25) is 0 Å². The molecular weight excluding hydrogens is 337 g/mol. The van der Waals surface area contributed by atoms with Crippen LogP contribution in [0.4, 0.5) is 4.39 Å². The maximum Gasteiger partial charge on any atom is 0.153 e. The zero-order chi connectivity index (χ0) is 20.1. The molecule has 0 fully saturated rings. The van der Waals surface area contributed by atoms with Crippen molar-refractivity contribution < 1.29 is 4.39 Å². The zero-order valence-electron chi connectivity index (χ0n) is 17.8. The largest absolute Gasteiger partial charge is 0.298 e. The van der Waals surface area contributed by atoms with Crippen LogP contribution < -0.4 is 0 Å². The first kappa shape index (κ1) is 19.5. The van der Waals surface area contributed by atoms with Gasteiger partial charge in [-0.1, -0.05) is 31.5 Å². The molecule has 4 heteroatoms. The molecule has 144 valence electrons. The van der Waals surface area contributed by atoms with E-state index in [9.17, 15) is 0 Å². The van der Waals surface area contributed by atoms with E-state index in [1.54, 1.807) is 0 Å². The SMILES string of the molecule is CCC(F)(CC)c1nc(C)nc2c1c(C)c(C)n2-c1c(C)cc(C)cc1C. The van der Waals surface area contributed by atoms with Gasteiger partial charge < -0.3 is 0 Å². The first-order valence-corrected chi connectivity index (χ1v) is 9.78. The molecule has 0 radical (unpaired) electrons. The molecule has 0 aliphatic rings. The van der Waals surface area contributed by atoms with Crippen molar-refractivity contribution in [1.29, 1.82) is 0 Å². The Labute approximate surface area is 161 Å². The Bertz CT molecular complexity index is 1000. The van der Waals surface area contributed by atoms with E-state index in [1.807, 2.05) is 20.8 Å². The number of hydrogen-bond acceptors (Lipinski definition) is 2. The Kier molecular flexibility index (Phi) is 4.87. The molecule has 2 aromatic heterocycles. The molecule has 2 heterocycles. The van der Waals surface area contributed by atoms with Gasteiger partial charge in [-0.05, 0) is 71.1 Å². The highest BCUT2D eigenvalue weighted by molar-refractivity contribution is 5.87. The van der Waals surface area contributed by atoms with Gasteiger partial charge in [-0.25, -0.2) is 14.4 Å². The third kappa shape index (κ3) is 2.95. The number of fused-ring (bicyclic) bond motifs is 1. The molecule has 0 aliphatic heterocycles. The Morgan fingerprint density at radius 3 is 2.00 bits per heavy atom. The summed E-state index contributed by atoms with van der Waals surface area (Å²) in [5.41, 5.74) is 6.84. The van der Waals surface area contributed by atoms with Crippen LogP contribution in [0.15, 0.2) is 12.1 Å². The van der Waals surface area contributed by atoms with E-state index in [4.69, 9.17) is 4.98 Å². The quantitative estimate of drug-likeness (QED) is 0.545. The fraction of sp³-hybridized carbons (Fsp3) is 0.478. The van der Waals surface area contributed by atoms with E-state index in [2.05, 4.69) is 56.3 Å². The molecule has 0 saturated heterocycles. The summed E-state index contributed by atoms with van der Waals surface area (Å²) in [6.45, 7) is 16.1. The highest BCUT2D eigenvalue weighted by atomic mass is 19.1. The van der Waals surface area contributed by atoms with Gasteiger partial charge in [-0.3, -0.25) is 4.57 Å². The molecule has 0 aliphatic carbocycles. The average molecular weight is 368 g/mol. The van der Waals surface area contributed by atoms with Crippen LogP contribution in [0.2, 0.25) is 0 Å². The number of aromatic nitrogens is 3. The lowest BCUT2D eigenvalue weighted by molar-refractivity contribution is 0.147. The average Bonchev–Trinajstić information content (AvgIpc) is 2.84. The molecule has 3 nitrogen and oxygen atoms in total. The number of nitrogens with zero attached hydrogens (tertiary/aromatic N) is 3. The molecule has 0 N–H and O–H groups in total. The van der Waals surface area contributed by atoms with E-state index in [0.717, 1.165) is 28.0 Å². The molecule has 0 unspecified atom stereocenters. The first-order valence-electron chi connectivity index (χ1n) is 9.78. The van der Waals surface area contributed by atoms with Gasteiger partial charge in [0, 0.05) is 11.1 Å². The van der Waals surface area contributed by atoms with Gasteiger partial charge in [0.15, 0.2) is 5.67 Å². The smallest absolute Gasteiger partial charge is 0.153 e. The minimum atomic E-state index is -1.44. The molecule has 1 aromatic carbocycles. The maximum absolute atomic E-state index is 15.7. The van der Waals surface area contributed by atoms with Gasteiger partial charge in [0.05, 0.1) is 11.4 Å². The summed E-state index contributed by atoms with van der Waals surface area (Å²) in [5.74, 6) is 0.614. The van der Waals surface area contributed by atoms with E-state index in [1.165, 1.54) is 16.7 Å². The monoisotopic (exact) mass is 367 g/mol. The summed E-state index contributed by atoms with van der Waals surface area (Å²) in [6, 6.07) is 4.38. The van der Waals surface area contributed by atoms with E-state index in [0.29, 0.717) is 24.4 Å². The third-order valence-electron chi connectivity index (χ3n) is 5.87. The van der Waals surface area contributed by atoms with E-state index >= 15 is 4.39 Å². The first-order chi connectivity index (χ1) is 12.6. The van der Waals surface area contributed by atoms with Crippen molar-refractivity contribution in [3.05, 3.63) is 51.6 Å². The summed E-state index contributed by atoms with van der Waals surface area (Å²) in [4.78, 5) is 9.35. The molecule has 3 aromatic rings. The Hall–Kier alpha value is -2.23. The molecule has 0 saturated carbocycles. The van der Waals surface area contributed by atoms with Crippen molar-refractivity contribution in [2.24, 2.45) is 0 Å². The summed E-state index contributed by atoms with van der Waals surface area (Å²) >= 11 is 0. The van der Waals surface area contributed by atoms with Gasteiger partial charge >= 0.3 is 0 Å². The molecule has 0 bridgehead atoms. The Morgan fingerprint density at radius 2 is 1.48 bits per heavy atom. The second-order valence-electron chi connectivity index (χ2n) is 7.78. The van der Waals surface area contributed by atoms with Crippen molar-refractivity contribution in [2.75, 3.05) is 0 Å². The molecule has 27 heavy (non-hydrogen) atoms.